The van der Waals surface area contributed by atoms with Crippen molar-refractivity contribution in [1.29, 1.82) is 0 Å². The zero-order valence-corrected chi connectivity index (χ0v) is 14.1. The summed E-state index contributed by atoms with van der Waals surface area (Å²) >= 11 is 5.88. The van der Waals surface area contributed by atoms with E-state index < -0.39 is 0 Å². The molecule has 0 saturated carbocycles. The van der Waals surface area contributed by atoms with Crippen molar-refractivity contribution in [2.75, 3.05) is 19.6 Å². The summed E-state index contributed by atoms with van der Waals surface area (Å²) in [6.45, 7) is 3.42. The van der Waals surface area contributed by atoms with Gasteiger partial charge in [-0.05, 0) is 43.6 Å². The highest BCUT2D eigenvalue weighted by Gasteiger charge is 2.12. The van der Waals surface area contributed by atoms with Crippen molar-refractivity contribution in [1.82, 2.24) is 15.0 Å². The van der Waals surface area contributed by atoms with Crippen LogP contribution in [0.25, 0.3) is 0 Å². The molecule has 1 aliphatic rings. The molecule has 1 saturated heterocycles. The van der Waals surface area contributed by atoms with Crippen LogP contribution in [-0.2, 0) is 12.8 Å². The van der Waals surface area contributed by atoms with Crippen LogP contribution in [0.1, 0.15) is 36.5 Å². The van der Waals surface area contributed by atoms with Crippen molar-refractivity contribution in [2.24, 2.45) is 0 Å². The smallest absolute Gasteiger partial charge is 0.227 e. The van der Waals surface area contributed by atoms with Crippen LogP contribution in [0.15, 0.2) is 28.8 Å². The molecule has 1 aromatic carbocycles. The number of piperidine rings is 1. The predicted octanol–water partition coefficient (Wildman–Crippen LogP) is 3.76. The van der Waals surface area contributed by atoms with E-state index in [0.717, 1.165) is 35.3 Å². The lowest BCUT2D eigenvalue weighted by Gasteiger charge is -2.25. The molecule has 2 aromatic rings. The van der Waals surface area contributed by atoms with Crippen LogP contribution in [0.5, 0.6) is 0 Å². The van der Waals surface area contributed by atoms with Crippen molar-refractivity contribution < 1.29 is 4.52 Å². The lowest BCUT2D eigenvalue weighted by atomic mass is 10.1. The highest BCUT2D eigenvalue weighted by atomic mass is 35.5. The first-order valence-electron chi connectivity index (χ1n) is 7.58. The van der Waals surface area contributed by atoms with Crippen molar-refractivity contribution in [3.8, 4) is 0 Å². The predicted molar refractivity (Wildman–Crippen MR) is 89.8 cm³/mol. The molecule has 1 aliphatic heterocycles. The van der Waals surface area contributed by atoms with Gasteiger partial charge in [-0.3, -0.25) is 0 Å². The molecule has 120 valence electrons. The molecule has 0 spiro atoms. The molecule has 1 fully saturated rings. The van der Waals surface area contributed by atoms with E-state index in [2.05, 4.69) is 15.0 Å². The maximum atomic E-state index is 5.88. The van der Waals surface area contributed by atoms with Gasteiger partial charge in [0.05, 0.1) is 0 Å². The van der Waals surface area contributed by atoms with Crippen LogP contribution in [0.4, 0.5) is 0 Å². The van der Waals surface area contributed by atoms with Crippen molar-refractivity contribution >= 4 is 24.0 Å². The van der Waals surface area contributed by atoms with Crippen LogP contribution < -0.4 is 0 Å². The second-order valence-corrected chi connectivity index (χ2v) is 6.00. The van der Waals surface area contributed by atoms with Gasteiger partial charge in [0.25, 0.3) is 0 Å². The maximum Gasteiger partial charge on any atom is 0.227 e. The van der Waals surface area contributed by atoms with Gasteiger partial charge in [0.1, 0.15) is 0 Å². The number of halogens is 2. The fourth-order valence-electron chi connectivity index (χ4n) is 2.69. The second kappa shape index (κ2) is 8.51. The van der Waals surface area contributed by atoms with Crippen LogP contribution in [0.3, 0.4) is 0 Å². The number of aromatic nitrogens is 2. The molecule has 4 nitrogen and oxygen atoms in total. The van der Waals surface area contributed by atoms with E-state index >= 15 is 0 Å². The summed E-state index contributed by atoms with van der Waals surface area (Å²) in [5, 5.41) is 4.80. The Kier molecular flexibility index (Phi) is 6.68. The minimum Gasteiger partial charge on any atom is -0.339 e. The minimum atomic E-state index is 0. The fourth-order valence-corrected chi connectivity index (χ4v) is 2.81. The summed E-state index contributed by atoms with van der Waals surface area (Å²) in [6, 6.07) is 7.75. The summed E-state index contributed by atoms with van der Waals surface area (Å²) in [6.07, 6.45) is 5.51. The fraction of sp³-hybridized carbons (Fsp3) is 0.500. The van der Waals surface area contributed by atoms with E-state index in [9.17, 15) is 0 Å². The van der Waals surface area contributed by atoms with Crippen molar-refractivity contribution in [3.63, 3.8) is 0 Å². The third kappa shape index (κ3) is 4.97. The number of likely N-dealkylation sites (tertiary alicyclic amines) is 1. The molecule has 0 atom stereocenters. The Bertz CT molecular complexity index is 565. The lowest BCUT2D eigenvalue weighted by molar-refractivity contribution is 0.223. The summed E-state index contributed by atoms with van der Waals surface area (Å²) in [5.41, 5.74) is 1.14. The third-order valence-electron chi connectivity index (χ3n) is 3.88. The van der Waals surface area contributed by atoms with Gasteiger partial charge in [-0.25, -0.2) is 0 Å². The van der Waals surface area contributed by atoms with Crippen LogP contribution in [-0.4, -0.2) is 34.7 Å². The molecule has 0 bridgehead atoms. The number of nitrogens with zero attached hydrogens (tertiary/aromatic N) is 3. The molecule has 0 amide bonds. The van der Waals surface area contributed by atoms with Gasteiger partial charge in [0, 0.05) is 24.4 Å². The van der Waals surface area contributed by atoms with E-state index in [-0.39, 0.29) is 12.4 Å². The Hall–Kier alpha value is -1.10. The van der Waals surface area contributed by atoms with Crippen LogP contribution in [0, 0.1) is 0 Å². The van der Waals surface area contributed by atoms with Gasteiger partial charge < -0.3 is 9.42 Å². The first kappa shape index (κ1) is 17.3. The Morgan fingerprint density at radius 2 is 1.82 bits per heavy atom. The van der Waals surface area contributed by atoms with Gasteiger partial charge in [0.15, 0.2) is 5.82 Å². The molecule has 1 aromatic heterocycles. The summed E-state index contributed by atoms with van der Waals surface area (Å²) in [7, 11) is 0. The number of hydrogen-bond donors (Lipinski definition) is 0. The molecule has 2 heterocycles. The van der Waals surface area contributed by atoms with Gasteiger partial charge in [-0.2, -0.15) is 4.98 Å². The zero-order valence-electron chi connectivity index (χ0n) is 12.5. The quantitative estimate of drug-likeness (QED) is 0.830. The van der Waals surface area contributed by atoms with E-state index in [1.54, 1.807) is 0 Å². The number of rotatable bonds is 5. The maximum absolute atomic E-state index is 5.88. The first-order chi connectivity index (χ1) is 10.3. The number of benzene rings is 1. The van der Waals surface area contributed by atoms with Gasteiger partial charge >= 0.3 is 0 Å². The normalized spacial score (nSPS) is 15.5. The standard InChI is InChI=1S/C16H20ClN3O.ClH/c17-14-6-4-13(5-7-14)12-15-18-16(21-19-15)8-11-20-9-2-1-3-10-20;/h4-7H,1-3,8-12H2;1H. The molecule has 3 rings (SSSR count). The summed E-state index contributed by atoms with van der Waals surface area (Å²) in [5.74, 6) is 1.48. The largest absolute Gasteiger partial charge is 0.339 e. The Morgan fingerprint density at radius 1 is 1.09 bits per heavy atom. The number of hydrogen-bond acceptors (Lipinski definition) is 4. The highest BCUT2D eigenvalue weighted by Crippen LogP contribution is 2.13. The Morgan fingerprint density at radius 3 is 2.55 bits per heavy atom. The average Bonchev–Trinajstić information content (AvgIpc) is 2.96. The van der Waals surface area contributed by atoms with E-state index in [1.807, 2.05) is 24.3 Å². The first-order valence-corrected chi connectivity index (χ1v) is 7.96. The van der Waals surface area contributed by atoms with E-state index in [1.165, 1.54) is 32.4 Å². The topological polar surface area (TPSA) is 42.2 Å². The molecule has 0 aliphatic carbocycles. The monoisotopic (exact) mass is 341 g/mol. The van der Waals surface area contributed by atoms with Crippen molar-refractivity contribution in [3.05, 3.63) is 46.6 Å². The average molecular weight is 342 g/mol. The summed E-state index contributed by atoms with van der Waals surface area (Å²) < 4.78 is 5.34. The second-order valence-electron chi connectivity index (χ2n) is 5.56. The van der Waals surface area contributed by atoms with Crippen molar-refractivity contribution in [2.45, 2.75) is 32.1 Å². The van der Waals surface area contributed by atoms with E-state index in [4.69, 9.17) is 16.1 Å². The molecular weight excluding hydrogens is 321 g/mol. The lowest BCUT2D eigenvalue weighted by Crippen LogP contribution is -2.31. The van der Waals surface area contributed by atoms with Crippen LogP contribution >= 0.6 is 24.0 Å². The molecule has 22 heavy (non-hydrogen) atoms. The van der Waals surface area contributed by atoms with Gasteiger partial charge in [-0.1, -0.05) is 35.3 Å². The van der Waals surface area contributed by atoms with E-state index in [0.29, 0.717) is 6.42 Å². The van der Waals surface area contributed by atoms with Gasteiger partial charge in [0.2, 0.25) is 5.89 Å². The van der Waals surface area contributed by atoms with Crippen LogP contribution in [0.2, 0.25) is 5.02 Å². The molecule has 0 radical (unpaired) electrons. The molecule has 0 N–H and O–H groups in total. The summed E-state index contributed by atoms with van der Waals surface area (Å²) in [4.78, 5) is 6.95. The molecular formula is C16H21Cl2N3O. The van der Waals surface area contributed by atoms with Gasteiger partial charge in [-0.15, -0.1) is 12.4 Å². The highest BCUT2D eigenvalue weighted by molar-refractivity contribution is 6.30. The Balaban J connectivity index is 0.00000176. The SMILES string of the molecule is Cl.Clc1ccc(Cc2noc(CCN3CCCCC3)n2)cc1. The molecule has 0 unspecified atom stereocenters. The zero-order chi connectivity index (χ0) is 14.5. The third-order valence-corrected chi connectivity index (χ3v) is 4.13. The Labute approximate surface area is 142 Å². The molecule has 6 heteroatoms. The minimum absolute atomic E-state index is 0.